The lowest BCUT2D eigenvalue weighted by atomic mass is 10.2. The van der Waals surface area contributed by atoms with Crippen LogP contribution in [0.4, 0.5) is 5.82 Å². The molecule has 0 bridgehead atoms. The normalized spacial score (nSPS) is 10.6. The average Bonchev–Trinajstić information content (AvgIpc) is 3.41. The standard InChI is InChI=1S/C24H23N7O2S/c1-4-33-21-13-9-8-12-20(21)31-24(27-28-29-31)34-15-22(32)26-23-19(14-25)16(2)17(3)30(23)18-10-6-5-7-11-18/h5-13H,4,15H2,1-3H3,(H,26,32). The van der Waals surface area contributed by atoms with Gasteiger partial charge in [0, 0.05) is 11.4 Å². The molecule has 0 saturated heterocycles. The maximum atomic E-state index is 12.9. The summed E-state index contributed by atoms with van der Waals surface area (Å²) in [6.07, 6.45) is 0. The summed E-state index contributed by atoms with van der Waals surface area (Å²) >= 11 is 1.20. The lowest BCUT2D eigenvalue weighted by Gasteiger charge is -2.13. The quantitative estimate of drug-likeness (QED) is 0.384. The Morgan fingerprint density at radius 1 is 1.15 bits per heavy atom. The molecule has 9 nitrogen and oxygen atoms in total. The predicted molar refractivity (Wildman–Crippen MR) is 130 cm³/mol. The molecule has 0 spiro atoms. The van der Waals surface area contributed by atoms with E-state index in [4.69, 9.17) is 4.74 Å². The molecule has 2 aromatic carbocycles. The summed E-state index contributed by atoms with van der Waals surface area (Å²) in [4.78, 5) is 12.9. The third-order valence-corrected chi connectivity index (χ3v) is 6.18. The van der Waals surface area contributed by atoms with Gasteiger partial charge in [-0.15, -0.1) is 5.10 Å². The van der Waals surface area contributed by atoms with Gasteiger partial charge in [0.25, 0.3) is 0 Å². The number of nitrogens with zero attached hydrogens (tertiary/aromatic N) is 6. The molecule has 0 aliphatic carbocycles. The van der Waals surface area contributed by atoms with Crippen molar-refractivity contribution in [2.24, 2.45) is 0 Å². The van der Waals surface area contributed by atoms with Gasteiger partial charge in [-0.25, -0.2) is 0 Å². The van der Waals surface area contributed by atoms with Crippen LogP contribution in [-0.4, -0.2) is 43.0 Å². The number of para-hydroxylation sites is 3. The summed E-state index contributed by atoms with van der Waals surface area (Å²) in [5, 5.41) is 25.0. The smallest absolute Gasteiger partial charge is 0.236 e. The molecule has 10 heteroatoms. The number of hydrogen-bond acceptors (Lipinski definition) is 7. The number of hydrogen-bond donors (Lipinski definition) is 1. The highest BCUT2D eigenvalue weighted by Gasteiger charge is 2.21. The van der Waals surface area contributed by atoms with E-state index in [0.29, 0.717) is 34.6 Å². The highest BCUT2D eigenvalue weighted by atomic mass is 32.2. The van der Waals surface area contributed by atoms with E-state index in [9.17, 15) is 10.1 Å². The second kappa shape index (κ2) is 10.2. The number of nitriles is 1. The second-order valence-electron chi connectivity index (χ2n) is 7.33. The SMILES string of the molecule is CCOc1ccccc1-n1nnnc1SCC(=O)Nc1c(C#N)c(C)c(C)n1-c1ccccc1. The fourth-order valence-corrected chi connectivity index (χ4v) is 4.27. The maximum Gasteiger partial charge on any atom is 0.236 e. The van der Waals surface area contributed by atoms with Crippen molar-refractivity contribution in [3.63, 3.8) is 0 Å². The van der Waals surface area contributed by atoms with E-state index >= 15 is 0 Å². The van der Waals surface area contributed by atoms with Gasteiger partial charge in [0.15, 0.2) is 0 Å². The molecule has 0 radical (unpaired) electrons. The monoisotopic (exact) mass is 473 g/mol. The molecule has 4 rings (SSSR count). The summed E-state index contributed by atoms with van der Waals surface area (Å²) in [6.45, 7) is 6.21. The number of tetrazole rings is 1. The molecular weight excluding hydrogens is 450 g/mol. The lowest BCUT2D eigenvalue weighted by molar-refractivity contribution is -0.113. The van der Waals surface area contributed by atoms with E-state index in [-0.39, 0.29) is 11.7 Å². The van der Waals surface area contributed by atoms with Crippen molar-refractivity contribution in [1.82, 2.24) is 24.8 Å². The second-order valence-corrected chi connectivity index (χ2v) is 8.27. The van der Waals surface area contributed by atoms with Gasteiger partial charge in [0.05, 0.1) is 17.9 Å². The van der Waals surface area contributed by atoms with E-state index < -0.39 is 0 Å². The first-order valence-corrected chi connectivity index (χ1v) is 11.6. The Bertz CT molecular complexity index is 1360. The number of thioether (sulfide) groups is 1. The van der Waals surface area contributed by atoms with Crippen LogP contribution in [0.3, 0.4) is 0 Å². The summed E-state index contributed by atoms with van der Waals surface area (Å²) in [7, 11) is 0. The first kappa shape index (κ1) is 23.1. The van der Waals surface area contributed by atoms with Crippen LogP contribution in [0.25, 0.3) is 11.4 Å². The average molecular weight is 474 g/mol. The molecule has 172 valence electrons. The highest BCUT2D eigenvalue weighted by Crippen LogP contribution is 2.30. The molecule has 34 heavy (non-hydrogen) atoms. The van der Waals surface area contributed by atoms with Gasteiger partial charge in [0.2, 0.25) is 11.1 Å². The van der Waals surface area contributed by atoms with Crippen molar-refractivity contribution in [2.45, 2.75) is 25.9 Å². The first-order chi connectivity index (χ1) is 16.5. The molecule has 1 amide bonds. The van der Waals surface area contributed by atoms with Crippen LogP contribution in [0, 0.1) is 25.2 Å². The minimum Gasteiger partial charge on any atom is -0.492 e. The van der Waals surface area contributed by atoms with Crippen LogP contribution in [-0.2, 0) is 4.79 Å². The number of amides is 1. The van der Waals surface area contributed by atoms with Gasteiger partial charge >= 0.3 is 0 Å². The van der Waals surface area contributed by atoms with Gasteiger partial charge in [0.1, 0.15) is 23.3 Å². The van der Waals surface area contributed by atoms with Crippen LogP contribution < -0.4 is 10.1 Å². The van der Waals surface area contributed by atoms with Crippen molar-refractivity contribution in [3.05, 3.63) is 71.4 Å². The largest absolute Gasteiger partial charge is 0.492 e. The third-order valence-electron chi connectivity index (χ3n) is 5.26. The van der Waals surface area contributed by atoms with E-state index in [1.54, 1.807) is 4.68 Å². The van der Waals surface area contributed by atoms with E-state index in [2.05, 4.69) is 26.9 Å². The summed E-state index contributed by atoms with van der Waals surface area (Å²) in [5.41, 5.74) is 3.71. The Morgan fingerprint density at radius 3 is 2.62 bits per heavy atom. The Morgan fingerprint density at radius 2 is 1.88 bits per heavy atom. The number of anilines is 1. The zero-order valence-electron chi connectivity index (χ0n) is 19.0. The summed E-state index contributed by atoms with van der Waals surface area (Å²) in [6, 6.07) is 19.3. The molecule has 0 atom stereocenters. The number of ether oxygens (including phenoxy) is 1. The van der Waals surface area contributed by atoms with Crippen molar-refractivity contribution in [2.75, 3.05) is 17.7 Å². The molecule has 0 unspecified atom stereocenters. The van der Waals surface area contributed by atoms with Crippen LogP contribution >= 0.6 is 11.8 Å². The molecule has 1 N–H and O–H groups in total. The van der Waals surface area contributed by atoms with Gasteiger partial charge in [-0.3, -0.25) is 9.36 Å². The molecular formula is C24H23N7O2S. The zero-order chi connectivity index (χ0) is 24.1. The summed E-state index contributed by atoms with van der Waals surface area (Å²) < 4.78 is 9.11. The number of benzene rings is 2. The molecule has 0 aliphatic rings. The van der Waals surface area contributed by atoms with Crippen molar-refractivity contribution >= 4 is 23.5 Å². The van der Waals surface area contributed by atoms with Crippen molar-refractivity contribution < 1.29 is 9.53 Å². The predicted octanol–water partition coefficient (Wildman–Crippen LogP) is 4.07. The van der Waals surface area contributed by atoms with Crippen LogP contribution in [0.2, 0.25) is 0 Å². The molecule has 0 fully saturated rings. The number of carbonyl (C=O) groups excluding carboxylic acids is 1. The Labute approximate surface area is 201 Å². The molecule has 2 aromatic heterocycles. The number of aromatic nitrogens is 5. The number of rotatable bonds is 8. The van der Waals surface area contributed by atoms with Gasteiger partial charge in [-0.2, -0.15) is 9.94 Å². The Hall–Kier alpha value is -4.10. The minimum atomic E-state index is -0.274. The van der Waals surface area contributed by atoms with E-state index in [1.807, 2.05) is 79.9 Å². The first-order valence-electron chi connectivity index (χ1n) is 10.7. The molecule has 0 saturated carbocycles. The molecule has 4 aromatic rings. The van der Waals surface area contributed by atoms with Gasteiger partial charge < -0.3 is 10.1 Å². The summed E-state index contributed by atoms with van der Waals surface area (Å²) in [5.74, 6) is 0.883. The van der Waals surface area contributed by atoms with Crippen molar-refractivity contribution in [3.8, 4) is 23.2 Å². The fraction of sp³-hybridized carbons (Fsp3) is 0.208. The van der Waals surface area contributed by atoms with Crippen molar-refractivity contribution in [1.29, 1.82) is 5.26 Å². The molecule has 2 heterocycles. The number of carbonyl (C=O) groups is 1. The number of nitrogens with one attached hydrogen (secondary N) is 1. The van der Waals surface area contributed by atoms with Gasteiger partial charge in [-0.05, 0) is 61.0 Å². The minimum absolute atomic E-state index is 0.0557. The van der Waals surface area contributed by atoms with Gasteiger partial charge in [-0.1, -0.05) is 42.1 Å². The zero-order valence-corrected chi connectivity index (χ0v) is 19.8. The van der Waals surface area contributed by atoms with E-state index in [1.165, 1.54) is 11.8 Å². The maximum absolute atomic E-state index is 12.9. The third kappa shape index (κ3) is 4.51. The van der Waals surface area contributed by atoms with Crippen LogP contribution in [0.1, 0.15) is 23.7 Å². The van der Waals surface area contributed by atoms with Crippen LogP contribution in [0.5, 0.6) is 5.75 Å². The Balaban J connectivity index is 1.56. The Kier molecular flexibility index (Phi) is 6.94. The van der Waals surface area contributed by atoms with E-state index in [0.717, 1.165) is 16.9 Å². The van der Waals surface area contributed by atoms with Crippen LogP contribution in [0.15, 0.2) is 59.8 Å². The highest BCUT2D eigenvalue weighted by molar-refractivity contribution is 7.99. The fourth-order valence-electron chi connectivity index (χ4n) is 3.59. The topological polar surface area (TPSA) is 111 Å². The molecule has 0 aliphatic heterocycles. The lowest BCUT2D eigenvalue weighted by Crippen LogP contribution is -2.18.